The normalized spacial score (nSPS) is 18.6. The van der Waals surface area contributed by atoms with E-state index in [9.17, 15) is 0 Å². The third-order valence-electron chi connectivity index (χ3n) is 3.75. The molecule has 1 aromatic rings. The SMILES string of the molecule is CSc1cc(C2(N)CCCC2)c(SC)cc1C. The zero-order chi connectivity index (χ0) is 12.5. The van der Waals surface area contributed by atoms with Crippen molar-refractivity contribution in [2.75, 3.05) is 12.5 Å². The standard InChI is InChI=1S/C14H21NS2/c1-10-8-13(17-3)11(9-12(10)16-2)14(15)6-4-5-7-14/h8-9H,4-7,15H2,1-3H3. The van der Waals surface area contributed by atoms with E-state index in [4.69, 9.17) is 5.73 Å². The maximum absolute atomic E-state index is 6.61. The average molecular weight is 267 g/mol. The number of rotatable bonds is 3. The molecule has 0 saturated heterocycles. The van der Waals surface area contributed by atoms with Crippen LogP contribution in [0.4, 0.5) is 0 Å². The second-order valence-electron chi connectivity index (χ2n) is 4.89. The summed E-state index contributed by atoms with van der Waals surface area (Å²) in [7, 11) is 0. The second-order valence-corrected chi connectivity index (χ2v) is 6.58. The topological polar surface area (TPSA) is 26.0 Å². The Hall–Kier alpha value is -0.120. The summed E-state index contributed by atoms with van der Waals surface area (Å²) >= 11 is 3.65. The van der Waals surface area contributed by atoms with Crippen molar-refractivity contribution in [3.63, 3.8) is 0 Å². The predicted octanol–water partition coefficient (Wildman–Crippen LogP) is 4.17. The molecule has 0 spiro atoms. The van der Waals surface area contributed by atoms with Gasteiger partial charge in [-0.2, -0.15) is 0 Å². The molecule has 0 aliphatic heterocycles. The van der Waals surface area contributed by atoms with E-state index in [1.165, 1.54) is 33.8 Å². The summed E-state index contributed by atoms with van der Waals surface area (Å²) in [5.41, 5.74) is 9.28. The largest absolute Gasteiger partial charge is 0.321 e. The van der Waals surface area contributed by atoms with E-state index < -0.39 is 0 Å². The summed E-state index contributed by atoms with van der Waals surface area (Å²) in [5.74, 6) is 0. The zero-order valence-corrected chi connectivity index (χ0v) is 12.5. The van der Waals surface area contributed by atoms with Gasteiger partial charge in [0.15, 0.2) is 0 Å². The third kappa shape index (κ3) is 2.51. The molecule has 3 heteroatoms. The van der Waals surface area contributed by atoms with E-state index in [2.05, 4.69) is 31.6 Å². The lowest BCUT2D eigenvalue weighted by Gasteiger charge is -2.27. The third-order valence-corrected chi connectivity index (χ3v) is 5.41. The van der Waals surface area contributed by atoms with Crippen LogP contribution in [0.1, 0.15) is 36.8 Å². The molecule has 2 rings (SSSR count). The first kappa shape index (κ1) is 13.3. The lowest BCUT2D eigenvalue weighted by Crippen LogP contribution is -2.33. The van der Waals surface area contributed by atoms with E-state index in [-0.39, 0.29) is 5.54 Å². The second kappa shape index (κ2) is 5.25. The maximum atomic E-state index is 6.61. The molecule has 1 aromatic carbocycles. The molecule has 17 heavy (non-hydrogen) atoms. The fourth-order valence-corrected chi connectivity index (χ4v) is 4.11. The highest BCUT2D eigenvalue weighted by Gasteiger charge is 2.33. The van der Waals surface area contributed by atoms with Crippen LogP contribution in [0.3, 0.4) is 0 Å². The highest BCUT2D eigenvalue weighted by atomic mass is 32.2. The maximum Gasteiger partial charge on any atom is 0.0421 e. The minimum absolute atomic E-state index is 0.0729. The quantitative estimate of drug-likeness (QED) is 0.833. The van der Waals surface area contributed by atoms with Crippen molar-refractivity contribution < 1.29 is 0 Å². The van der Waals surface area contributed by atoms with Gasteiger partial charge in [-0.25, -0.2) is 0 Å². The smallest absolute Gasteiger partial charge is 0.0421 e. The number of benzene rings is 1. The molecule has 1 saturated carbocycles. The number of hydrogen-bond acceptors (Lipinski definition) is 3. The Labute approximate surface area is 113 Å². The van der Waals surface area contributed by atoms with Crippen molar-refractivity contribution in [2.24, 2.45) is 5.73 Å². The minimum atomic E-state index is -0.0729. The van der Waals surface area contributed by atoms with Crippen LogP contribution in [-0.4, -0.2) is 12.5 Å². The van der Waals surface area contributed by atoms with Gasteiger partial charge in [-0.15, -0.1) is 23.5 Å². The monoisotopic (exact) mass is 267 g/mol. The Morgan fingerprint density at radius 2 is 1.65 bits per heavy atom. The Bertz CT molecular complexity index is 409. The van der Waals surface area contributed by atoms with E-state index in [0.717, 1.165) is 12.8 Å². The molecule has 0 atom stereocenters. The molecule has 1 aliphatic rings. The van der Waals surface area contributed by atoms with Gasteiger partial charge in [0.2, 0.25) is 0 Å². The van der Waals surface area contributed by atoms with Crippen LogP contribution in [0, 0.1) is 6.92 Å². The molecular formula is C14H21NS2. The molecule has 1 fully saturated rings. The van der Waals surface area contributed by atoms with Crippen LogP contribution in [0.25, 0.3) is 0 Å². The molecule has 1 aliphatic carbocycles. The van der Waals surface area contributed by atoms with Crippen LogP contribution in [-0.2, 0) is 5.54 Å². The van der Waals surface area contributed by atoms with Crippen LogP contribution in [0.5, 0.6) is 0 Å². The van der Waals surface area contributed by atoms with E-state index in [1.54, 1.807) is 0 Å². The Morgan fingerprint density at radius 3 is 2.18 bits per heavy atom. The molecule has 0 bridgehead atoms. The van der Waals surface area contributed by atoms with Crippen molar-refractivity contribution in [2.45, 2.75) is 47.9 Å². The first-order valence-corrected chi connectivity index (χ1v) is 8.57. The summed E-state index contributed by atoms with van der Waals surface area (Å²) in [6.45, 7) is 2.19. The Kier molecular flexibility index (Phi) is 4.11. The van der Waals surface area contributed by atoms with Crippen molar-refractivity contribution in [3.8, 4) is 0 Å². The molecule has 0 amide bonds. The summed E-state index contributed by atoms with van der Waals surface area (Å²) in [5, 5.41) is 0. The predicted molar refractivity (Wildman–Crippen MR) is 79.1 cm³/mol. The van der Waals surface area contributed by atoms with E-state index in [1.807, 2.05) is 23.5 Å². The number of hydrogen-bond donors (Lipinski definition) is 1. The summed E-state index contributed by atoms with van der Waals surface area (Å²) < 4.78 is 0. The number of nitrogens with two attached hydrogens (primary N) is 1. The first-order valence-electron chi connectivity index (χ1n) is 6.13. The molecule has 0 radical (unpaired) electrons. The highest BCUT2D eigenvalue weighted by Crippen LogP contribution is 2.42. The lowest BCUT2D eigenvalue weighted by atomic mass is 9.89. The fraction of sp³-hybridized carbons (Fsp3) is 0.571. The molecule has 0 aromatic heterocycles. The average Bonchev–Trinajstić information content (AvgIpc) is 2.76. The van der Waals surface area contributed by atoms with Crippen molar-refractivity contribution in [1.82, 2.24) is 0 Å². The Morgan fingerprint density at radius 1 is 1.06 bits per heavy atom. The van der Waals surface area contributed by atoms with Crippen molar-refractivity contribution >= 4 is 23.5 Å². The zero-order valence-electron chi connectivity index (χ0n) is 10.9. The summed E-state index contributed by atoms with van der Waals surface area (Å²) in [6, 6.07) is 4.63. The van der Waals surface area contributed by atoms with Gasteiger partial charge in [-0.05, 0) is 55.5 Å². The van der Waals surface area contributed by atoms with E-state index >= 15 is 0 Å². The fourth-order valence-electron chi connectivity index (χ4n) is 2.71. The minimum Gasteiger partial charge on any atom is -0.321 e. The number of aryl methyl sites for hydroxylation is 1. The van der Waals surface area contributed by atoms with Gasteiger partial charge >= 0.3 is 0 Å². The van der Waals surface area contributed by atoms with Gasteiger partial charge in [0.05, 0.1) is 0 Å². The molecule has 0 heterocycles. The summed E-state index contributed by atoms with van der Waals surface area (Å²) in [6.07, 6.45) is 9.10. The molecule has 2 N–H and O–H groups in total. The molecule has 1 nitrogen and oxygen atoms in total. The number of thioether (sulfide) groups is 2. The molecule has 0 unspecified atom stereocenters. The van der Waals surface area contributed by atoms with Crippen LogP contribution in [0.15, 0.2) is 21.9 Å². The highest BCUT2D eigenvalue weighted by molar-refractivity contribution is 7.99. The van der Waals surface area contributed by atoms with Gasteiger partial charge in [0, 0.05) is 15.3 Å². The van der Waals surface area contributed by atoms with Crippen LogP contribution >= 0.6 is 23.5 Å². The Balaban J connectivity index is 2.50. The van der Waals surface area contributed by atoms with Crippen molar-refractivity contribution in [1.29, 1.82) is 0 Å². The van der Waals surface area contributed by atoms with Gasteiger partial charge < -0.3 is 5.73 Å². The molecular weight excluding hydrogens is 246 g/mol. The van der Waals surface area contributed by atoms with Gasteiger partial charge in [-0.1, -0.05) is 12.8 Å². The van der Waals surface area contributed by atoms with Gasteiger partial charge in [-0.3, -0.25) is 0 Å². The van der Waals surface area contributed by atoms with Crippen molar-refractivity contribution in [3.05, 3.63) is 23.3 Å². The molecule has 94 valence electrons. The van der Waals surface area contributed by atoms with Gasteiger partial charge in [0.25, 0.3) is 0 Å². The van der Waals surface area contributed by atoms with E-state index in [0.29, 0.717) is 0 Å². The summed E-state index contributed by atoms with van der Waals surface area (Å²) in [4.78, 5) is 2.74. The lowest BCUT2D eigenvalue weighted by molar-refractivity contribution is 0.452. The van der Waals surface area contributed by atoms with Crippen LogP contribution in [0.2, 0.25) is 0 Å². The van der Waals surface area contributed by atoms with Crippen LogP contribution < -0.4 is 5.73 Å². The first-order chi connectivity index (χ1) is 8.10. The van der Waals surface area contributed by atoms with Gasteiger partial charge in [0.1, 0.15) is 0 Å².